The van der Waals surface area contributed by atoms with Gasteiger partial charge in [-0.15, -0.1) is 0 Å². The van der Waals surface area contributed by atoms with Crippen LogP contribution in [0.2, 0.25) is 0 Å². The Kier molecular flexibility index (Phi) is 6.31. The largest absolute Gasteiger partial charge is 0.383 e. The van der Waals surface area contributed by atoms with Gasteiger partial charge in [-0.25, -0.2) is 28.4 Å². The summed E-state index contributed by atoms with van der Waals surface area (Å²) < 4.78 is 38.2. The number of ether oxygens (including phenoxy) is 1. The number of methoxy groups -OCH3 is 1. The lowest BCUT2D eigenvalue weighted by atomic mass is 10.1. The summed E-state index contributed by atoms with van der Waals surface area (Å²) in [4.78, 5) is 26.6. The normalized spacial score (nSPS) is 17.4. The lowest BCUT2D eigenvalue weighted by molar-refractivity contribution is -0.127. The number of aromatic nitrogens is 6. The van der Waals surface area contributed by atoms with Crippen molar-refractivity contribution in [2.75, 3.05) is 26.0 Å². The number of nitrogens with zero attached hydrogens (tertiary/aromatic N) is 7. The second-order valence-corrected chi connectivity index (χ2v) is 8.64. The fourth-order valence-electron chi connectivity index (χ4n) is 4.77. The van der Waals surface area contributed by atoms with E-state index in [1.807, 2.05) is 6.92 Å². The summed E-state index contributed by atoms with van der Waals surface area (Å²) in [5.41, 5.74) is 7.00. The molecule has 1 amide bonds. The zero-order chi connectivity index (χ0) is 26.3. The lowest BCUT2D eigenvalue weighted by Crippen LogP contribution is -2.37. The Bertz CT molecular complexity index is 1600. The molecule has 0 bridgehead atoms. The summed E-state index contributed by atoms with van der Waals surface area (Å²) in [7, 11) is 1.57. The number of benzene rings is 1. The maximum absolute atomic E-state index is 14.9. The zero-order valence-corrected chi connectivity index (χ0v) is 20.3. The molecule has 1 aliphatic heterocycles. The van der Waals surface area contributed by atoms with Crippen LogP contribution in [0.1, 0.15) is 30.6 Å². The first-order valence-corrected chi connectivity index (χ1v) is 11.6. The Balaban J connectivity index is 1.58. The molecule has 2 N–H and O–H groups in total. The Morgan fingerprint density at radius 2 is 2.11 bits per heavy atom. The third-order valence-corrected chi connectivity index (χ3v) is 6.51. The molecule has 0 radical (unpaired) electrons. The first-order chi connectivity index (χ1) is 17.9. The van der Waals surface area contributed by atoms with Crippen LogP contribution >= 0.6 is 0 Å². The molecule has 1 fully saturated rings. The summed E-state index contributed by atoms with van der Waals surface area (Å²) in [6, 6.07) is 0.969. The number of likely N-dealkylation sites (tertiary alicyclic amines) is 1. The molecule has 0 spiro atoms. The monoisotopic (exact) mass is 506 g/mol. The van der Waals surface area contributed by atoms with E-state index in [1.54, 1.807) is 16.7 Å². The van der Waals surface area contributed by atoms with Gasteiger partial charge in [-0.1, -0.05) is 12.5 Å². The summed E-state index contributed by atoms with van der Waals surface area (Å²) in [5.74, 6) is 3.35. The molecule has 1 unspecified atom stereocenters. The predicted molar refractivity (Wildman–Crippen MR) is 132 cm³/mol. The molecule has 1 aromatic carbocycles. The minimum Gasteiger partial charge on any atom is -0.383 e. The van der Waals surface area contributed by atoms with E-state index in [4.69, 9.17) is 10.5 Å². The molecule has 5 rings (SSSR count). The number of imidazole rings is 1. The Hall–Kier alpha value is -4.37. The van der Waals surface area contributed by atoms with Crippen LogP contribution in [0.3, 0.4) is 0 Å². The highest BCUT2D eigenvalue weighted by molar-refractivity contribution is 5.91. The SMILES string of the molecule is C=CC(=O)N1CC(n2nc(C#Cc3cc4ncn(CC)c4c(F)c3F)c3c(N)ncnc32)C[C@@H]1COC. The maximum Gasteiger partial charge on any atom is 0.246 e. The number of nitrogen functional groups attached to an aromatic ring is 1. The fourth-order valence-corrected chi connectivity index (χ4v) is 4.77. The minimum atomic E-state index is -1.07. The third kappa shape index (κ3) is 4.07. The van der Waals surface area contributed by atoms with Gasteiger partial charge in [0.1, 0.15) is 23.4 Å². The van der Waals surface area contributed by atoms with E-state index < -0.39 is 11.6 Å². The standard InChI is InChI=1S/C25H24F2N8O2/c1-4-19(36)34-10-15(9-16(34)11-37-3)35-25-20(24(28)29-12-30-25)17(32-35)7-6-14-8-18-23(22(27)21(14)26)33(5-2)13-31-18/h4,8,12-13,15-16H,1,5,9-11H2,2-3H3,(H2,28,29,30)/t15?,16-/m1/s1. The van der Waals surface area contributed by atoms with Crippen molar-refractivity contribution in [1.29, 1.82) is 0 Å². The first-order valence-electron chi connectivity index (χ1n) is 11.6. The number of anilines is 1. The van der Waals surface area contributed by atoms with Crippen molar-refractivity contribution in [3.8, 4) is 11.8 Å². The number of carbonyl (C=O) groups excluding carboxylic acids is 1. The van der Waals surface area contributed by atoms with Crippen LogP contribution in [0, 0.1) is 23.5 Å². The van der Waals surface area contributed by atoms with Gasteiger partial charge < -0.3 is 19.9 Å². The summed E-state index contributed by atoms with van der Waals surface area (Å²) in [6.07, 6.45) is 4.58. The summed E-state index contributed by atoms with van der Waals surface area (Å²) in [5, 5.41) is 5.01. The second-order valence-electron chi connectivity index (χ2n) is 8.64. The highest BCUT2D eigenvalue weighted by Crippen LogP contribution is 2.32. The van der Waals surface area contributed by atoms with E-state index in [-0.39, 0.29) is 40.6 Å². The molecule has 1 aliphatic rings. The highest BCUT2D eigenvalue weighted by atomic mass is 19.2. The van der Waals surface area contributed by atoms with E-state index >= 15 is 0 Å². The molecule has 4 aromatic rings. The van der Waals surface area contributed by atoms with Gasteiger partial charge in [-0.2, -0.15) is 5.10 Å². The topological polar surface area (TPSA) is 117 Å². The van der Waals surface area contributed by atoms with Gasteiger partial charge in [0.25, 0.3) is 0 Å². The average molecular weight is 507 g/mol. The number of amides is 1. The van der Waals surface area contributed by atoms with Crippen LogP contribution in [0.4, 0.5) is 14.6 Å². The van der Waals surface area contributed by atoms with Crippen LogP contribution in [0.15, 0.2) is 31.4 Å². The van der Waals surface area contributed by atoms with Crippen molar-refractivity contribution in [3.05, 3.63) is 54.3 Å². The van der Waals surface area contributed by atoms with Crippen LogP contribution in [-0.4, -0.2) is 66.4 Å². The van der Waals surface area contributed by atoms with E-state index in [2.05, 4.69) is 38.5 Å². The summed E-state index contributed by atoms with van der Waals surface area (Å²) in [6.45, 7) is 6.54. The predicted octanol–water partition coefficient (Wildman–Crippen LogP) is 2.43. The molecule has 2 atom stereocenters. The van der Waals surface area contributed by atoms with Crippen molar-refractivity contribution < 1.29 is 18.3 Å². The van der Waals surface area contributed by atoms with Crippen LogP contribution in [0.25, 0.3) is 22.1 Å². The van der Waals surface area contributed by atoms with Crippen molar-refractivity contribution in [2.24, 2.45) is 0 Å². The van der Waals surface area contributed by atoms with E-state index in [1.165, 1.54) is 29.4 Å². The molecule has 3 aromatic heterocycles. The van der Waals surface area contributed by atoms with Gasteiger partial charge in [0.15, 0.2) is 17.3 Å². The van der Waals surface area contributed by atoms with Crippen LogP contribution in [0.5, 0.6) is 0 Å². The van der Waals surface area contributed by atoms with Gasteiger partial charge in [0.2, 0.25) is 5.91 Å². The Labute approximate surface area is 210 Å². The maximum atomic E-state index is 14.9. The van der Waals surface area contributed by atoms with Crippen molar-refractivity contribution in [1.82, 2.24) is 34.2 Å². The molecule has 4 heterocycles. The van der Waals surface area contributed by atoms with Gasteiger partial charge in [-0.3, -0.25) is 4.79 Å². The van der Waals surface area contributed by atoms with E-state index in [0.29, 0.717) is 42.7 Å². The van der Waals surface area contributed by atoms with Gasteiger partial charge in [-0.05, 0) is 31.4 Å². The van der Waals surface area contributed by atoms with Crippen molar-refractivity contribution in [3.63, 3.8) is 0 Å². The van der Waals surface area contributed by atoms with E-state index in [0.717, 1.165) is 0 Å². The van der Waals surface area contributed by atoms with Crippen LogP contribution in [-0.2, 0) is 16.1 Å². The molecule has 0 saturated carbocycles. The molecular formula is C25H24F2N8O2. The number of rotatable bonds is 5. The Morgan fingerprint density at radius 3 is 2.84 bits per heavy atom. The molecular weight excluding hydrogens is 482 g/mol. The summed E-state index contributed by atoms with van der Waals surface area (Å²) >= 11 is 0. The zero-order valence-electron chi connectivity index (χ0n) is 20.3. The lowest BCUT2D eigenvalue weighted by Gasteiger charge is -2.22. The first kappa shape index (κ1) is 24.3. The van der Waals surface area contributed by atoms with Crippen LogP contribution < -0.4 is 5.73 Å². The molecule has 12 heteroatoms. The number of carbonyl (C=O) groups is 1. The average Bonchev–Trinajstić information content (AvgIpc) is 3.60. The number of nitrogens with two attached hydrogens (primary N) is 1. The second kappa shape index (κ2) is 9.59. The molecule has 190 valence electrons. The minimum absolute atomic E-state index is 0.0865. The molecule has 10 nitrogen and oxygen atoms in total. The molecule has 37 heavy (non-hydrogen) atoms. The van der Waals surface area contributed by atoms with Crippen molar-refractivity contribution >= 4 is 33.8 Å². The van der Waals surface area contributed by atoms with Gasteiger partial charge >= 0.3 is 0 Å². The number of fused-ring (bicyclic) bond motifs is 2. The molecule has 1 saturated heterocycles. The third-order valence-electron chi connectivity index (χ3n) is 6.51. The number of aryl methyl sites for hydroxylation is 1. The fraction of sp³-hybridized carbons (Fsp3) is 0.320. The number of hydrogen-bond acceptors (Lipinski definition) is 7. The molecule has 0 aliphatic carbocycles. The van der Waals surface area contributed by atoms with Crippen molar-refractivity contribution in [2.45, 2.75) is 32.0 Å². The van der Waals surface area contributed by atoms with Gasteiger partial charge in [0, 0.05) is 20.2 Å². The quantitative estimate of drug-likeness (QED) is 0.326. The van der Waals surface area contributed by atoms with Gasteiger partial charge in [0.05, 0.1) is 41.5 Å². The smallest absolute Gasteiger partial charge is 0.246 e. The number of halogens is 2. The van der Waals surface area contributed by atoms with E-state index in [9.17, 15) is 13.6 Å². The number of hydrogen-bond donors (Lipinski definition) is 1. The Morgan fingerprint density at radius 1 is 1.30 bits per heavy atom. The highest BCUT2D eigenvalue weighted by Gasteiger charge is 2.37.